The third-order valence-corrected chi connectivity index (χ3v) is 3.37. The molecule has 0 saturated carbocycles. The molecule has 1 atom stereocenters. The molecular weight excluding hydrogens is 212 g/mol. The molecule has 1 aromatic rings. The first-order chi connectivity index (χ1) is 7.09. The van der Waals surface area contributed by atoms with Crippen LogP contribution in [0.1, 0.15) is 26.0 Å². The highest BCUT2D eigenvalue weighted by atomic mass is 32.2. The molecule has 0 aliphatic rings. The summed E-state index contributed by atoms with van der Waals surface area (Å²) in [4.78, 5) is 11.3. The van der Waals surface area contributed by atoms with Crippen LogP contribution in [-0.2, 0) is 21.3 Å². The average Bonchev–Trinajstić information content (AvgIpc) is 2.66. The summed E-state index contributed by atoms with van der Waals surface area (Å²) in [6.45, 7) is 3.72. The lowest BCUT2D eigenvalue weighted by Gasteiger charge is -2.03. The summed E-state index contributed by atoms with van der Waals surface area (Å²) in [6.07, 6.45) is 1.96. The van der Waals surface area contributed by atoms with E-state index in [1.54, 1.807) is 18.4 Å². The summed E-state index contributed by atoms with van der Waals surface area (Å²) in [5.41, 5.74) is 0. The molecule has 0 amide bonds. The Labute approximate surface area is 92.3 Å². The molecule has 0 saturated heterocycles. The minimum Gasteiger partial charge on any atom is -0.468 e. The molecule has 0 aliphatic carbocycles. The number of rotatable bonds is 6. The average molecular weight is 228 g/mol. The van der Waals surface area contributed by atoms with E-state index in [0.29, 0.717) is 23.7 Å². The van der Waals surface area contributed by atoms with Crippen LogP contribution in [0.15, 0.2) is 22.8 Å². The van der Waals surface area contributed by atoms with Gasteiger partial charge in [0, 0.05) is 28.9 Å². The van der Waals surface area contributed by atoms with Crippen molar-refractivity contribution in [3.05, 3.63) is 24.2 Å². The first-order valence-corrected chi connectivity index (χ1v) is 6.48. The van der Waals surface area contributed by atoms with E-state index in [1.165, 1.54) is 0 Å². The second-order valence-electron chi connectivity index (χ2n) is 3.74. The van der Waals surface area contributed by atoms with Crippen molar-refractivity contribution in [1.29, 1.82) is 0 Å². The SMILES string of the molecule is CC(C)C(=O)CCS(=O)Cc1ccco1. The third kappa shape index (κ3) is 4.42. The Morgan fingerprint density at radius 3 is 2.80 bits per heavy atom. The summed E-state index contributed by atoms with van der Waals surface area (Å²) < 4.78 is 16.6. The fourth-order valence-corrected chi connectivity index (χ4v) is 2.18. The first-order valence-electron chi connectivity index (χ1n) is 4.99. The molecule has 84 valence electrons. The molecule has 4 heteroatoms. The maximum absolute atomic E-state index is 11.5. The van der Waals surface area contributed by atoms with E-state index in [2.05, 4.69) is 0 Å². The lowest BCUT2D eigenvalue weighted by Crippen LogP contribution is -2.12. The van der Waals surface area contributed by atoms with Gasteiger partial charge in [-0.25, -0.2) is 0 Å². The largest absolute Gasteiger partial charge is 0.468 e. The van der Waals surface area contributed by atoms with Gasteiger partial charge in [-0.15, -0.1) is 0 Å². The van der Waals surface area contributed by atoms with Crippen LogP contribution in [0.25, 0.3) is 0 Å². The Balaban J connectivity index is 2.28. The predicted molar refractivity (Wildman–Crippen MR) is 59.9 cm³/mol. The molecular formula is C11H16O3S. The number of carbonyl (C=O) groups is 1. The van der Waals surface area contributed by atoms with Gasteiger partial charge in [-0.3, -0.25) is 9.00 Å². The van der Waals surface area contributed by atoms with Crippen LogP contribution < -0.4 is 0 Å². The van der Waals surface area contributed by atoms with E-state index in [0.717, 1.165) is 0 Å². The van der Waals surface area contributed by atoms with Crippen LogP contribution in [-0.4, -0.2) is 15.7 Å². The number of hydrogen-bond donors (Lipinski definition) is 0. The number of hydrogen-bond acceptors (Lipinski definition) is 3. The number of ketones is 1. The van der Waals surface area contributed by atoms with E-state index >= 15 is 0 Å². The molecule has 1 heterocycles. The second kappa shape index (κ2) is 5.85. The summed E-state index contributed by atoms with van der Waals surface area (Å²) in [7, 11) is -1.00. The van der Waals surface area contributed by atoms with Crippen molar-refractivity contribution >= 4 is 16.6 Å². The maximum atomic E-state index is 11.5. The van der Waals surface area contributed by atoms with Crippen LogP contribution >= 0.6 is 0 Å². The van der Waals surface area contributed by atoms with Crippen molar-refractivity contribution in [3.63, 3.8) is 0 Å². The van der Waals surface area contributed by atoms with Crippen molar-refractivity contribution in [2.45, 2.75) is 26.0 Å². The molecule has 1 aromatic heterocycles. The first kappa shape index (κ1) is 12.2. The van der Waals surface area contributed by atoms with Gasteiger partial charge in [0.1, 0.15) is 11.5 Å². The Kier molecular flexibility index (Phi) is 4.75. The Bertz CT molecular complexity index is 328. The predicted octanol–water partition coefficient (Wildman–Crippen LogP) is 2.14. The summed E-state index contributed by atoms with van der Waals surface area (Å²) in [5, 5.41) is 0. The molecule has 0 aliphatic heterocycles. The topological polar surface area (TPSA) is 47.3 Å². The van der Waals surface area contributed by atoms with E-state index < -0.39 is 10.8 Å². The minimum absolute atomic E-state index is 0.0330. The van der Waals surface area contributed by atoms with Crippen molar-refractivity contribution < 1.29 is 13.4 Å². The number of carbonyl (C=O) groups excluding carboxylic acids is 1. The molecule has 15 heavy (non-hydrogen) atoms. The molecule has 1 rings (SSSR count). The van der Waals surface area contributed by atoms with Crippen LogP contribution in [0.4, 0.5) is 0 Å². The minimum atomic E-state index is -1.00. The maximum Gasteiger partial charge on any atom is 0.136 e. The van der Waals surface area contributed by atoms with Gasteiger partial charge in [0.2, 0.25) is 0 Å². The quantitative estimate of drug-likeness (QED) is 0.749. The van der Waals surface area contributed by atoms with Crippen LogP contribution in [0.2, 0.25) is 0 Å². The second-order valence-corrected chi connectivity index (χ2v) is 5.32. The monoisotopic (exact) mass is 228 g/mol. The van der Waals surface area contributed by atoms with E-state index in [-0.39, 0.29) is 11.7 Å². The molecule has 1 unspecified atom stereocenters. The molecule has 0 fully saturated rings. The fourth-order valence-electron chi connectivity index (χ4n) is 1.13. The van der Waals surface area contributed by atoms with Gasteiger partial charge in [-0.2, -0.15) is 0 Å². The highest BCUT2D eigenvalue weighted by molar-refractivity contribution is 7.84. The van der Waals surface area contributed by atoms with E-state index in [4.69, 9.17) is 4.42 Å². The zero-order valence-electron chi connectivity index (χ0n) is 9.06. The Hall–Kier alpha value is -0.900. The lowest BCUT2D eigenvalue weighted by atomic mass is 10.1. The number of Topliss-reactive ketones (excluding diaryl/α,β-unsaturated/α-hetero) is 1. The standard InChI is InChI=1S/C11H16O3S/c1-9(2)11(12)5-7-15(13)8-10-4-3-6-14-10/h3-4,6,9H,5,7-8H2,1-2H3. The van der Waals surface area contributed by atoms with Gasteiger partial charge in [-0.1, -0.05) is 13.8 Å². The highest BCUT2D eigenvalue weighted by Gasteiger charge is 2.10. The summed E-state index contributed by atoms with van der Waals surface area (Å²) in [6, 6.07) is 3.56. The van der Waals surface area contributed by atoms with Gasteiger partial charge in [-0.05, 0) is 12.1 Å². The molecule has 0 spiro atoms. The fraction of sp³-hybridized carbons (Fsp3) is 0.545. The smallest absolute Gasteiger partial charge is 0.136 e. The molecule has 0 aromatic carbocycles. The molecule has 0 N–H and O–H groups in total. The highest BCUT2D eigenvalue weighted by Crippen LogP contribution is 2.06. The zero-order valence-corrected chi connectivity index (χ0v) is 9.88. The molecule has 0 bridgehead atoms. The Morgan fingerprint density at radius 2 is 2.27 bits per heavy atom. The van der Waals surface area contributed by atoms with Crippen molar-refractivity contribution in [2.75, 3.05) is 5.75 Å². The summed E-state index contributed by atoms with van der Waals surface area (Å²) in [5.74, 6) is 1.74. The van der Waals surface area contributed by atoms with E-state index in [1.807, 2.05) is 13.8 Å². The number of furan rings is 1. The molecule has 0 radical (unpaired) electrons. The molecule has 3 nitrogen and oxygen atoms in total. The van der Waals surface area contributed by atoms with Crippen LogP contribution in [0.3, 0.4) is 0 Å². The Morgan fingerprint density at radius 1 is 1.53 bits per heavy atom. The third-order valence-electron chi connectivity index (χ3n) is 2.10. The van der Waals surface area contributed by atoms with Crippen LogP contribution in [0.5, 0.6) is 0 Å². The van der Waals surface area contributed by atoms with Crippen molar-refractivity contribution in [1.82, 2.24) is 0 Å². The van der Waals surface area contributed by atoms with Crippen molar-refractivity contribution in [2.24, 2.45) is 5.92 Å². The van der Waals surface area contributed by atoms with Gasteiger partial charge < -0.3 is 4.42 Å². The van der Waals surface area contributed by atoms with Gasteiger partial charge in [0.25, 0.3) is 0 Å². The summed E-state index contributed by atoms with van der Waals surface area (Å²) >= 11 is 0. The van der Waals surface area contributed by atoms with Crippen LogP contribution in [0, 0.1) is 5.92 Å². The zero-order chi connectivity index (χ0) is 11.3. The van der Waals surface area contributed by atoms with Gasteiger partial charge >= 0.3 is 0 Å². The van der Waals surface area contributed by atoms with E-state index in [9.17, 15) is 9.00 Å². The van der Waals surface area contributed by atoms with Gasteiger partial charge in [0.05, 0.1) is 12.0 Å². The van der Waals surface area contributed by atoms with Gasteiger partial charge in [0.15, 0.2) is 0 Å². The normalized spacial score (nSPS) is 13.0. The lowest BCUT2D eigenvalue weighted by molar-refractivity contribution is -0.121. The van der Waals surface area contributed by atoms with Crippen molar-refractivity contribution in [3.8, 4) is 0 Å².